The Labute approximate surface area is 119 Å². The van der Waals surface area contributed by atoms with Gasteiger partial charge in [-0.2, -0.15) is 0 Å². The van der Waals surface area contributed by atoms with Gasteiger partial charge in [0.25, 0.3) is 5.69 Å². The van der Waals surface area contributed by atoms with Gasteiger partial charge in [0, 0.05) is 17.7 Å². The fourth-order valence-corrected chi connectivity index (χ4v) is 1.73. The van der Waals surface area contributed by atoms with Gasteiger partial charge in [0.15, 0.2) is 0 Å². The zero-order valence-corrected chi connectivity index (χ0v) is 10.8. The molecule has 0 bridgehead atoms. The molecule has 0 aliphatic carbocycles. The van der Waals surface area contributed by atoms with Crippen LogP contribution in [0, 0.1) is 15.9 Å². The predicted molar refractivity (Wildman–Crippen MR) is 73.2 cm³/mol. The number of halogens is 1. The minimum atomic E-state index is -0.564. The summed E-state index contributed by atoms with van der Waals surface area (Å²) in [6.07, 6.45) is 1.04. The number of ether oxygens (including phenoxy) is 1. The van der Waals surface area contributed by atoms with E-state index in [4.69, 9.17) is 9.94 Å². The Balaban J connectivity index is 2.21. The van der Waals surface area contributed by atoms with Gasteiger partial charge in [-0.1, -0.05) is 17.3 Å². The molecule has 0 unspecified atom stereocenters. The zero-order valence-electron chi connectivity index (χ0n) is 10.8. The van der Waals surface area contributed by atoms with E-state index in [1.165, 1.54) is 30.3 Å². The maximum absolute atomic E-state index is 13.1. The first-order valence-electron chi connectivity index (χ1n) is 5.93. The van der Waals surface area contributed by atoms with Gasteiger partial charge in [0.2, 0.25) is 0 Å². The maximum Gasteiger partial charge on any atom is 0.270 e. The van der Waals surface area contributed by atoms with Crippen LogP contribution >= 0.6 is 0 Å². The molecule has 0 saturated heterocycles. The third kappa shape index (κ3) is 3.75. The Morgan fingerprint density at radius 3 is 2.81 bits per heavy atom. The Kier molecular flexibility index (Phi) is 4.45. The second-order valence-electron chi connectivity index (χ2n) is 4.14. The molecule has 7 heteroatoms. The molecule has 0 radical (unpaired) electrons. The van der Waals surface area contributed by atoms with E-state index in [0.717, 1.165) is 6.21 Å². The number of hydrogen-bond donors (Lipinski definition) is 1. The van der Waals surface area contributed by atoms with Crippen LogP contribution < -0.4 is 4.74 Å². The van der Waals surface area contributed by atoms with Crippen LogP contribution in [-0.4, -0.2) is 16.3 Å². The number of nitro benzene ring substituents is 1. The molecule has 0 heterocycles. The van der Waals surface area contributed by atoms with Crippen LogP contribution in [0.3, 0.4) is 0 Å². The summed E-state index contributed by atoms with van der Waals surface area (Å²) in [5, 5.41) is 22.1. The van der Waals surface area contributed by atoms with Crippen molar-refractivity contribution < 1.29 is 19.3 Å². The topological polar surface area (TPSA) is 85.0 Å². The van der Waals surface area contributed by atoms with E-state index in [0.29, 0.717) is 11.3 Å². The number of non-ortho nitro benzene ring substituents is 1. The van der Waals surface area contributed by atoms with Crippen molar-refractivity contribution in [2.45, 2.75) is 6.61 Å². The summed E-state index contributed by atoms with van der Waals surface area (Å²) < 4.78 is 18.5. The van der Waals surface area contributed by atoms with Crippen molar-refractivity contribution >= 4 is 11.9 Å². The van der Waals surface area contributed by atoms with Gasteiger partial charge in [0.1, 0.15) is 18.2 Å². The minimum absolute atomic E-state index is 0.0852. The minimum Gasteiger partial charge on any atom is -0.488 e. The molecular formula is C14H11FN2O4. The highest BCUT2D eigenvalue weighted by Gasteiger charge is 2.11. The summed E-state index contributed by atoms with van der Waals surface area (Å²) in [7, 11) is 0. The van der Waals surface area contributed by atoms with Crippen molar-refractivity contribution in [3.8, 4) is 5.75 Å². The summed E-state index contributed by atoms with van der Waals surface area (Å²) in [4.78, 5) is 10.1. The lowest BCUT2D eigenvalue weighted by molar-refractivity contribution is -0.384. The summed E-state index contributed by atoms with van der Waals surface area (Å²) in [5.74, 6) is -0.0837. The molecular weight excluding hydrogens is 279 g/mol. The average molecular weight is 290 g/mol. The van der Waals surface area contributed by atoms with Gasteiger partial charge >= 0.3 is 0 Å². The molecule has 0 atom stereocenters. The number of oxime groups is 1. The predicted octanol–water partition coefficient (Wildman–Crippen LogP) is 3.12. The normalized spacial score (nSPS) is 10.7. The highest BCUT2D eigenvalue weighted by atomic mass is 19.1. The van der Waals surface area contributed by atoms with Gasteiger partial charge in [-0.3, -0.25) is 10.1 Å². The van der Waals surface area contributed by atoms with Crippen LogP contribution in [-0.2, 0) is 6.61 Å². The van der Waals surface area contributed by atoms with Crippen LogP contribution in [0.25, 0.3) is 0 Å². The standard InChI is InChI=1S/C14H11FN2O4/c15-12-3-1-2-10(6-12)9-21-14-5-4-13(17(19)20)7-11(14)8-16-18/h1-8,18H,9H2/b16-8+. The summed E-state index contributed by atoms with van der Waals surface area (Å²) >= 11 is 0. The number of benzene rings is 2. The van der Waals surface area contributed by atoms with Gasteiger partial charge < -0.3 is 9.94 Å². The molecule has 0 aromatic heterocycles. The molecule has 21 heavy (non-hydrogen) atoms. The Bertz CT molecular complexity index is 688. The van der Waals surface area contributed by atoms with Crippen LogP contribution in [0.5, 0.6) is 5.75 Å². The van der Waals surface area contributed by atoms with Gasteiger partial charge in [-0.25, -0.2) is 4.39 Å². The lowest BCUT2D eigenvalue weighted by Gasteiger charge is -2.09. The van der Waals surface area contributed by atoms with E-state index in [1.54, 1.807) is 12.1 Å². The van der Waals surface area contributed by atoms with Gasteiger partial charge in [0.05, 0.1) is 11.1 Å². The highest BCUT2D eigenvalue weighted by Crippen LogP contribution is 2.23. The summed E-state index contributed by atoms with van der Waals surface area (Å²) in [6.45, 7) is 0.0852. The summed E-state index contributed by atoms with van der Waals surface area (Å²) in [6, 6.07) is 9.78. The average Bonchev–Trinajstić information content (AvgIpc) is 2.46. The fourth-order valence-electron chi connectivity index (χ4n) is 1.73. The Hall–Kier alpha value is -2.96. The Morgan fingerprint density at radius 1 is 1.33 bits per heavy atom. The molecule has 0 spiro atoms. The molecule has 108 valence electrons. The van der Waals surface area contributed by atoms with E-state index in [-0.39, 0.29) is 23.7 Å². The fraction of sp³-hybridized carbons (Fsp3) is 0.0714. The summed E-state index contributed by atoms with van der Waals surface area (Å²) in [5.41, 5.74) is 0.714. The molecule has 0 fully saturated rings. The molecule has 0 aliphatic heterocycles. The lowest BCUT2D eigenvalue weighted by Crippen LogP contribution is -2.00. The van der Waals surface area contributed by atoms with Gasteiger partial charge in [-0.15, -0.1) is 0 Å². The number of hydrogen-bond acceptors (Lipinski definition) is 5. The first-order chi connectivity index (χ1) is 10.1. The monoisotopic (exact) mass is 290 g/mol. The van der Waals surface area contributed by atoms with Crippen molar-refractivity contribution in [3.05, 3.63) is 69.5 Å². The quantitative estimate of drug-likeness (QED) is 0.397. The lowest BCUT2D eigenvalue weighted by atomic mass is 10.2. The van der Waals surface area contributed by atoms with Crippen molar-refractivity contribution in [2.75, 3.05) is 0 Å². The SMILES string of the molecule is O=[N+]([O-])c1ccc(OCc2cccc(F)c2)c(/C=N/O)c1. The van der Waals surface area contributed by atoms with Crippen LogP contribution in [0.4, 0.5) is 10.1 Å². The van der Waals surface area contributed by atoms with E-state index in [9.17, 15) is 14.5 Å². The molecule has 2 rings (SSSR count). The largest absolute Gasteiger partial charge is 0.488 e. The first kappa shape index (κ1) is 14.4. The van der Waals surface area contributed by atoms with Crippen molar-refractivity contribution in [1.29, 1.82) is 0 Å². The smallest absolute Gasteiger partial charge is 0.270 e. The Morgan fingerprint density at radius 2 is 2.14 bits per heavy atom. The molecule has 0 saturated carbocycles. The van der Waals surface area contributed by atoms with E-state index in [2.05, 4.69) is 5.16 Å². The number of rotatable bonds is 5. The van der Waals surface area contributed by atoms with Crippen LogP contribution in [0.15, 0.2) is 47.6 Å². The molecule has 2 aromatic carbocycles. The van der Waals surface area contributed by atoms with Crippen LogP contribution in [0.1, 0.15) is 11.1 Å². The third-order valence-electron chi connectivity index (χ3n) is 2.68. The van der Waals surface area contributed by atoms with Crippen molar-refractivity contribution in [3.63, 3.8) is 0 Å². The highest BCUT2D eigenvalue weighted by molar-refractivity contribution is 5.84. The van der Waals surface area contributed by atoms with Gasteiger partial charge in [-0.05, 0) is 23.8 Å². The van der Waals surface area contributed by atoms with Crippen LogP contribution in [0.2, 0.25) is 0 Å². The molecule has 0 aliphatic rings. The third-order valence-corrected chi connectivity index (χ3v) is 2.68. The number of nitrogens with zero attached hydrogens (tertiary/aromatic N) is 2. The number of nitro groups is 1. The second kappa shape index (κ2) is 6.47. The molecule has 0 amide bonds. The first-order valence-corrected chi connectivity index (χ1v) is 5.93. The van der Waals surface area contributed by atoms with Crippen molar-refractivity contribution in [2.24, 2.45) is 5.16 Å². The molecule has 2 aromatic rings. The maximum atomic E-state index is 13.1. The zero-order chi connectivity index (χ0) is 15.2. The van der Waals surface area contributed by atoms with E-state index in [1.807, 2.05) is 0 Å². The van der Waals surface area contributed by atoms with Crippen molar-refractivity contribution in [1.82, 2.24) is 0 Å². The molecule has 1 N–H and O–H groups in total. The van der Waals surface area contributed by atoms with E-state index < -0.39 is 4.92 Å². The molecule has 6 nitrogen and oxygen atoms in total. The second-order valence-corrected chi connectivity index (χ2v) is 4.14. The van der Waals surface area contributed by atoms with E-state index >= 15 is 0 Å².